The Morgan fingerprint density at radius 3 is 2.90 bits per heavy atom. The van der Waals surface area contributed by atoms with Crippen LogP contribution in [0.25, 0.3) is 0 Å². The van der Waals surface area contributed by atoms with Gasteiger partial charge in [0.25, 0.3) is 0 Å². The van der Waals surface area contributed by atoms with E-state index in [1.807, 2.05) is 43.3 Å². The molecule has 4 heteroatoms. The van der Waals surface area contributed by atoms with E-state index in [1.165, 1.54) is 5.56 Å². The molecule has 1 unspecified atom stereocenters. The van der Waals surface area contributed by atoms with E-state index < -0.39 is 0 Å². The Balaban J connectivity index is 1.85. The second-order valence-corrected chi connectivity index (χ2v) is 6.09. The molecule has 21 heavy (non-hydrogen) atoms. The zero-order chi connectivity index (χ0) is 14.8. The molecule has 2 N–H and O–H groups in total. The fraction of sp³-hybridized carbons (Fsp3) is 0.235. The summed E-state index contributed by atoms with van der Waals surface area (Å²) in [6.45, 7) is 2.81. The molecular formula is C17H17BrN2O. The lowest BCUT2D eigenvalue weighted by Crippen LogP contribution is -2.38. The van der Waals surface area contributed by atoms with E-state index in [9.17, 15) is 4.79 Å². The maximum atomic E-state index is 12.6. The quantitative estimate of drug-likeness (QED) is 0.874. The molecule has 0 aliphatic carbocycles. The van der Waals surface area contributed by atoms with Gasteiger partial charge in [-0.1, -0.05) is 46.3 Å². The van der Waals surface area contributed by atoms with Gasteiger partial charge in [-0.25, -0.2) is 0 Å². The van der Waals surface area contributed by atoms with Crippen LogP contribution in [0.3, 0.4) is 0 Å². The van der Waals surface area contributed by atoms with Gasteiger partial charge in [0.1, 0.15) is 6.04 Å². The predicted molar refractivity (Wildman–Crippen MR) is 88.4 cm³/mol. The third-order valence-corrected chi connectivity index (χ3v) is 4.76. The average Bonchev–Trinajstić information content (AvgIpc) is 2.51. The fourth-order valence-corrected chi connectivity index (χ4v) is 3.05. The highest BCUT2D eigenvalue weighted by Gasteiger charge is 2.26. The molecule has 0 aromatic heterocycles. The Hall–Kier alpha value is -1.65. The highest BCUT2D eigenvalue weighted by atomic mass is 79.9. The van der Waals surface area contributed by atoms with Crippen LogP contribution in [0, 0.1) is 6.92 Å². The lowest BCUT2D eigenvalue weighted by atomic mass is 9.94. The third kappa shape index (κ3) is 2.87. The number of fused-ring (bicyclic) bond motifs is 1. The van der Waals surface area contributed by atoms with Crippen molar-refractivity contribution in [1.29, 1.82) is 0 Å². The number of halogens is 1. The average molecular weight is 345 g/mol. The molecule has 108 valence electrons. The summed E-state index contributed by atoms with van der Waals surface area (Å²) < 4.78 is 0.998. The topological polar surface area (TPSA) is 41.1 Å². The lowest BCUT2D eigenvalue weighted by molar-refractivity contribution is -0.118. The second-order valence-electron chi connectivity index (χ2n) is 5.24. The van der Waals surface area contributed by atoms with Crippen LogP contribution in [0.4, 0.5) is 5.69 Å². The SMILES string of the molecule is Cc1c(Br)cccc1NC(=O)C1NCCc2ccccc21. The molecule has 0 saturated carbocycles. The van der Waals surface area contributed by atoms with Gasteiger partial charge in [-0.3, -0.25) is 4.79 Å². The van der Waals surface area contributed by atoms with Gasteiger partial charge in [0.05, 0.1) is 0 Å². The number of anilines is 1. The fourth-order valence-electron chi connectivity index (χ4n) is 2.69. The minimum absolute atomic E-state index is 0.0108. The van der Waals surface area contributed by atoms with Crippen molar-refractivity contribution in [1.82, 2.24) is 5.32 Å². The molecule has 1 aliphatic heterocycles. The Kier molecular flexibility index (Phi) is 4.08. The summed E-state index contributed by atoms with van der Waals surface area (Å²) in [4.78, 5) is 12.6. The number of carbonyl (C=O) groups is 1. The summed E-state index contributed by atoms with van der Waals surface area (Å²) in [6, 6.07) is 13.7. The van der Waals surface area contributed by atoms with Gasteiger partial charge in [-0.05, 0) is 42.2 Å². The Morgan fingerprint density at radius 1 is 1.24 bits per heavy atom. The number of hydrogen-bond donors (Lipinski definition) is 2. The first-order chi connectivity index (χ1) is 10.2. The molecule has 3 rings (SSSR count). The standard InChI is InChI=1S/C17H17BrN2O/c1-11-14(18)7-4-8-15(11)20-17(21)16-13-6-3-2-5-12(13)9-10-19-16/h2-8,16,19H,9-10H2,1H3,(H,20,21). The van der Waals surface area contributed by atoms with Crippen LogP contribution in [0.15, 0.2) is 46.9 Å². The van der Waals surface area contributed by atoms with Crippen LogP contribution in [-0.4, -0.2) is 12.5 Å². The molecule has 0 fully saturated rings. The zero-order valence-corrected chi connectivity index (χ0v) is 13.4. The van der Waals surface area contributed by atoms with Gasteiger partial charge >= 0.3 is 0 Å². The first-order valence-electron chi connectivity index (χ1n) is 7.04. The van der Waals surface area contributed by atoms with Crippen LogP contribution in [0.2, 0.25) is 0 Å². The van der Waals surface area contributed by atoms with E-state index in [4.69, 9.17) is 0 Å². The largest absolute Gasteiger partial charge is 0.324 e. The number of hydrogen-bond acceptors (Lipinski definition) is 2. The van der Waals surface area contributed by atoms with Crippen molar-refractivity contribution >= 4 is 27.5 Å². The van der Waals surface area contributed by atoms with E-state index in [2.05, 4.69) is 32.6 Å². The number of nitrogens with one attached hydrogen (secondary N) is 2. The van der Waals surface area contributed by atoms with Crippen molar-refractivity contribution in [2.75, 3.05) is 11.9 Å². The summed E-state index contributed by atoms with van der Waals surface area (Å²) in [5.74, 6) is -0.0108. The van der Waals surface area contributed by atoms with Gasteiger partial charge in [-0.2, -0.15) is 0 Å². The van der Waals surface area contributed by atoms with E-state index in [0.717, 1.165) is 34.3 Å². The van der Waals surface area contributed by atoms with Crippen LogP contribution >= 0.6 is 15.9 Å². The van der Waals surface area contributed by atoms with Crippen molar-refractivity contribution < 1.29 is 4.79 Å². The molecule has 2 aromatic rings. The Labute approximate surface area is 132 Å². The van der Waals surface area contributed by atoms with E-state index in [1.54, 1.807) is 0 Å². The maximum Gasteiger partial charge on any atom is 0.246 e. The molecule has 3 nitrogen and oxygen atoms in total. The normalized spacial score (nSPS) is 17.1. The molecule has 0 saturated heterocycles. The van der Waals surface area contributed by atoms with Gasteiger partial charge in [0.2, 0.25) is 5.91 Å². The molecule has 0 radical (unpaired) electrons. The first kappa shape index (κ1) is 14.3. The second kappa shape index (κ2) is 6.00. The number of amides is 1. The number of carbonyl (C=O) groups excluding carboxylic acids is 1. The molecule has 2 aromatic carbocycles. The van der Waals surface area contributed by atoms with Crippen molar-refractivity contribution in [2.24, 2.45) is 0 Å². The summed E-state index contributed by atoms with van der Waals surface area (Å²) in [6.07, 6.45) is 0.968. The summed E-state index contributed by atoms with van der Waals surface area (Å²) in [5.41, 5.74) is 4.21. The van der Waals surface area contributed by atoms with Gasteiger partial charge < -0.3 is 10.6 Å². The Morgan fingerprint density at radius 2 is 2.05 bits per heavy atom. The van der Waals surface area contributed by atoms with Crippen molar-refractivity contribution in [3.05, 3.63) is 63.6 Å². The minimum Gasteiger partial charge on any atom is -0.324 e. The highest BCUT2D eigenvalue weighted by molar-refractivity contribution is 9.10. The first-order valence-corrected chi connectivity index (χ1v) is 7.83. The van der Waals surface area contributed by atoms with E-state index in [0.29, 0.717) is 0 Å². The molecule has 1 atom stereocenters. The molecule has 1 heterocycles. The molecular weight excluding hydrogens is 328 g/mol. The van der Waals surface area contributed by atoms with Crippen LogP contribution in [0.1, 0.15) is 22.7 Å². The highest BCUT2D eigenvalue weighted by Crippen LogP contribution is 2.27. The summed E-state index contributed by atoms with van der Waals surface area (Å²) >= 11 is 3.49. The number of rotatable bonds is 2. The maximum absolute atomic E-state index is 12.6. The molecule has 0 spiro atoms. The van der Waals surface area contributed by atoms with E-state index in [-0.39, 0.29) is 11.9 Å². The van der Waals surface area contributed by atoms with Gasteiger partial charge in [0.15, 0.2) is 0 Å². The number of benzene rings is 2. The summed E-state index contributed by atoms with van der Waals surface area (Å²) in [5, 5.41) is 6.34. The summed E-state index contributed by atoms with van der Waals surface area (Å²) in [7, 11) is 0. The van der Waals surface area contributed by atoms with Gasteiger partial charge in [0, 0.05) is 16.7 Å². The van der Waals surface area contributed by atoms with Crippen molar-refractivity contribution in [3.8, 4) is 0 Å². The minimum atomic E-state index is -0.284. The lowest BCUT2D eigenvalue weighted by Gasteiger charge is -2.26. The van der Waals surface area contributed by atoms with Crippen molar-refractivity contribution in [2.45, 2.75) is 19.4 Å². The zero-order valence-electron chi connectivity index (χ0n) is 11.8. The van der Waals surface area contributed by atoms with Crippen LogP contribution < -0.4 is 10.6 Å². The molecule has 1 aliphatic rings. The smallest absolute Gasteiger partial charge is 0.246 e. The van der Waals surface area contributed by atoms with E-state index >= 15 is 0 Å². The van der Waals surface area contributed by atoms with Crippen molar-refractivity contribution in [3.63, 3.8) is 0 Å². The predicted octanol–water partition coefficient (Wildman–Crippen LogP) is 3.58. The third-order valence-electron chi connectivity index (χ3n) is 3.90. The van der Waals surface area contributed by atoms with Crippen LogP contribution in [0.5, 0.6) is 0 Å². The Bertz CT molecular complexity index is 684. The molecule has 1 amide bonds. The monoisotopic (exact) mass is 344 g/mol. The van der Waals surface area contributed by atoms with Crippen LogP contribution in [-0.2, 0) is 11.2 Å². The van der Waals surface area contributed by atoms with Gasteiger partial charge in [-0.15, -0.1) is 0 Å². The molecule has 0 bridgehead atoms.